The number of pyridine rings is 2. The van der Waals surface area contributed by atoms with Crippen LogP contribution in [0.1, 0.15) is 11.4 Å². The molecule has 116 valence electrons. The van der Waals surface area contributed by atoms with Crippen molar-refractivity contribution in [2.24, 2.45) is 0 Å². The van der Waals surface area contributed by atoms with Gasteiger partial charge in [0.2, 0.25) is 0 Å². The van der Waals surface area contributed by atoms with Crippen LogP contribution in [-0.2, 0) is 17.5 Å². The molecule has 0 fully saturated rings. The number of amides is 1. The zero-order chi connectivity index (χ0) is 16.2. The van der Waals surface area contributed by atoms with E-state index in [-0.39, 0.29) is 12.3 Å². The number of nitrogens with zero attached hydrogens (tertiary/aromatic N) is 2. The molecule has 1 N–H and O–H groups in total. The van der Waals surface area contributed by atoms with E-state index in [1.165, 1.54) is 12.3 Å². The Balaban J connectivity index is 1.93. The Labute approximate surface area is 131 Å². The van der Waals surface area contributed by atoms with Crippen LogP contribution in [0.15, 0.2) is 41.1 Å². The molecule has 0 saturated heterocycles. The summed E-state index contributed by atoms with van der Waals surface area (Å²) in [7, 11) is 0. The second-order valence-corrected chi connectivity index (χ2v) is 5.01. The normalized spacial score (nSPS) is 11.1. The molecule has 2 rings (SSSR count). The van der Waals surface area contributed by atoms with E-state index in [1.54, 1.807) is 12.1 Å². The van der Waals surface area contributed by atoms with Crippen molar-refractivity contribution in [3.05, 3.63) is 52.5 Å². The fourth-order valence-electron chi connectivity index (χ4n) is 1.45. The maximum atomic E-state index is 12.5. The summed E-state index contributed by atoms with van der Waals surface area (Å²) < 4.78 is 43.1. The van der Waals surface area contributed by atoms with E-state index < -0.39 is 18.0 Å². The molecule has 0 radical (unpaired) electrons. The monoisotopic (exact) mass is 375 g/mol. The van der Waals surface area contributed by atoms with E-state index in [0.717, 1.165) is 16.7 Å². The first kappa shape index (κ1) is 16.2. The number of alkyl halides is 3. The Kier molecular flexibility index (Phi) is 4.96. The Morgan fingerprint density at radius 2 is 2.05 bits per heavy atom. The van der Waals surface area contributed by atoms with Crippen molar-refractivity contribution in [2.75, 3.05) is 5.32 Å². The third kappa shape index (κ3) is 4.69. The molecular formula is C13H9BrF3N3O2. The highest BCUT2D eigenvalue weighted by Gasteiger charge is 2.32. The van der Waals surface area contributed by atoms with Crippen molar-refractivity contribution in [1.29, 1.82) is 0 Å². The Morgan fingerprint density at radius 1 is 1.27 bits per heavy atom. The van der Waals surface area contributed by atoms with Gasteiger partial charge in [0, 0.05) is 22.6 Å². The predicted octanol–water partition coefficient (Wildman–Crippen LogP) is 4.01. The summed E-state index contributed by atoms with van der Waals surface area (Å²) in [6.45, 7) is -0.101. The van der Waals surface area contributed by atoms with Crippen LogP contribution in [0.25, 0.3) is 0 Å². The van der Waals surface area contributed by atoms with Crippen molar-refractivity contribution in [3.63, 3.8) is 0 Å². The lowest BCUT2D eigenvalue weighted by Crippen LogP contribution is -2.15. The highest BCUT2D eigenvalue weighted by atomic mass is 79.9. The lowest BCUT2D eigenvalue weighted by atomic mass is 10.3. The van der Waals surface area contributed by atoms with Gasteiger partial charge in [-0.25, -0.2) is 4.79 Å². The number of hydrogen-bond donors (Lipinski definition) is 1. The van der Waals surface area contributed by atoms with Gasteiger partial charge >= 0.3 is 12.3 Å². The number of anilines is 1. The number of nitrogens with one attached hydrogen (secondary N) is 1. The number of hydrogen-bond acceptors (Lipinski definition) is 4. The van der Waals surface area contributed by atoms with Crippen LogP contribution in [-0.4, -0.2) is 16.1 Å². The van der Waals surface area contributed by atoms with Crippen molar-refractivity contribution in [2.45, 2.75) is 12.8 Å². The molecule has 0 aliphatic rings. The van der Waals surface area contributed by atoms with Crippen molar-refractivity contribution in [3.8, 4) is 0 Å². The summed E-state index contributed by atoms with van der Waals surface area (Å²) in [5, 5.41) is 2.20. The molecule has 22 heavy (non-hydrogen) atoms. The van der Waals surface area contributed by atoms with Gasteiger partial charge in [0.15, 0.2) is 0 Å². The van der Waals surface area contributed by atoms with Crippen LogP contribution in [0, 0.1) is 0 Å². The minimum absolute atomic E-state index is 0.0592. The van der Waals surface area contributed by atoms with Gasteiger partial charge in [-0.05, 0) is 40.2 Å². The molecule has 0 aliphatic heterocycles. The maximum absolute atomic E-state index is 12.5. The summed E-state index contributed by atoms with van der Waals surface area (Å²) in [6, 6.07) is 5.32. The minimum Gasteiger partial charge on any atom is -0.443 e. The van der Waals surface area contributed by atoms with E-state index in [9.17, 15) is 18.0 Å². The Bertz CT molecular complexity index is 662. The van der Waals surface area contributed by atoms with Gasteiger partial charge in [-0.15, -0.1) is 0 Å². The third-order valence-electron chi connectivity index (χ3n) is 2.44. The largest absolute Gasteiger partial charge is 0.443 e. The lowest BCUT2D eigenvalue weighted by molar-refractivity contribution is -0.141. The summed E-state index contributed by atoms with van der Waals surface area (Å²) >= 11 is 3.21. The van der Waals surface area contributed by atoms with Gasteiger partial charge in [-0.2, -0.15) is 13.2 Å². The molecule has 2 aromatic heterocycles. The van der Waals surface area contributed by atoms with Gasteiger partial charge in [0.05, 0.1) is 5.69 Å². The molecule has 0 unspecified atom stereocenters. The number of aromatic nitrogens is 2. The summed E-state index contributed by atoms with van der Waals surface area (Å²) in [5.41, 5.74) is -0.653. The van der Waals surface area contributed by atoms with Crippen LogP contribution in [0.4, 0.5) is 23.7 Å². The molecule has 9 heteroatoms. The summed E-state index contributed by atoms with van der Waals surface area (Å²) in [6.07, 6.45) is -2.98. The highest BCUT2D eigenvalue weighted by Crippen LogP contribution is 2.28. The average molecular weight is 376 g/mol. The van der Waals surface area contributed by atoms with Crippen LogP contribution >= 0.6 is 15.9 Å². The van der Waals surface area contributed by atoms with Gasteiger partial charge in [-0.1, -0.05) is 0 Å². The second-order valence-electron chi connectivity index (χ2n) is 4.10. The average Bonchev–Trinajstić information content (AvgIpc) is 2.46. The van der Waals surface area contributed by atoms with Crippen LogP contribution in [0.3, 0.4) is 0 Å². The first-order valence-electron chi connectivity index (χ1n) is 5.92. The van der Waals surface area contributed by atoms with Crippen LogP contribution in [0.2, 0.25) is 0 Å². The zero-order valence-corrected chi connectivity index (χ0v) is 12.5. The fourth-order valence-corrected chi connectivity index (χ4v) is 1.68. The SMILES string of the molecule is O=C(Nc1ccnc(C(F)(F)F)c1)OCc1ccc(Br)cn1. The molecule has 0 atom stereocenters. The summed E-state index contributed by atoms with van der Waals surface area (Å²) in [5.74, 6) is 0. The smallest absolute Gasteiger partial charge is 0.433 e. The molecule has 0 aromatic carbocycles. The molecule has 2 heterocycles. The molecular weight excluding hydrogens is 367 g/mol. The standard InChI is InChI=1S/C13H9BrF3N3O2/c14-8-1-2-10(19-6-8)7-22-12(21)20-9-3-4-18-11(5-9)13(15,16)17/h1-6H,7H2,(H,18,20,21). The number of ether oxygens (including phenoxy) is 1. The first-order chi connectivity index (χ1) is 10.3. The van der Waals surface area contributed by atoms with E-state index in [0.29, 0.717) is 5.69 Å². The molecule has 2 aromatic rings. The minimum atomic E-state index is -4.58. The number of rotatable bonds is 3. The Morgan fingerprint density at radius 3 is 2.68 bits per heavy atom. The number of carbonyl (C=O) groups is 1. The molecule has 5 nitrogen and oxygen atoms in total. The molecule has 1 amide bonds. The topological polar surface area (TPSA) is 64.1 Å². The van der Waals surface area contributed by atoms with E-state index in [4.69, 9.17) is 4.74 Å². The maximum Gasteiger partial charge on any atom is 0.433 e. The van der Waals surface area contributed by atoms with Gasteiger partial charge < -0.3 is 4.74 Å². The highest BCUT2D eigenvalue weighted by molar-refractivity contribution is 9.10. The van der Waals surface area contributed by atoms with Crippen molar-refractivity contribution >= 4 is 27.7 Å². The van der Waals surface area contributed by atoms with Crippen LogP contribution < -0.4 is 5.32 Å². The Hall–Kier alpha value is -2.16. The van der Waals surface area contributed by atoms with E-state index >= 15 is 0 Å². The summed E-state index contributed by atoms with van der Waals surface area (Å²) in [4.78, 5) is 18.7. The fraction of sp³-hybridized carbons (Fsp3) is 0.154. The third-order valence-corrected chi connectivity index (χ3v) is 2.91. The van der Waals surface area contributed by atoms with E-state index in [2.05, 4.69) is 31.2 Å². The van der Waals surface area contributed by atoms with Crippen LogP contribution in [0.5, 0.6) is 0 Å². The molecule has 0 spiro atoms. The first-order valence-corrected chi connectivity index (χ1v) is 6.71. The number of carbonyl (C=O) groups excluding carboxylic acids is 1. The lowest BCUT2D eigenvalue weighted by Gasteiger charge is -2.09. The zero-order valence-electron chi connectivity index (χ0n) is 10.9. The quantitative estimate of drug-likeness (QED) is 0.880. The molecule has 0 saturated carbocycles. The molecule has 0 aliphatic carbocycles. The predicted molar refractivity (Wildman–Crippen MR) is 75.0 cm³/mol. The second kappa shape index (κ2) is 6.73. The van der Waals surface area contributed by atoms with Gasteiger partial charge in [0.25, 0.3) is 0 Å². The van der Waals surface area contributed by atoms with Gasteiger partial charge in [0.1, 0.15) is 12.3 Å². The van der Waals surface area contributed by atoms with Crippen molar-refractivity contribution in [1.82, 2.24) is 9.97 Å². The van der Waals surface area contributed by atoms with Crippen molar-refractivity contribution < 1.29 is 22.7 Å². The van der Waals surface area contributed by atoms with Gasteiger partial charge in [-0.3, -0.25) is 15.3 Å². The molecule has 0 bridgehead atoms. The van der Waals surface area contributed by atoms with E-state index in [1.807, 2.05) is 0 Å². The number of halogens is 4.